The predicted octanol–water partition coefficient (Wildman–Crippen LogP) is 3.01. The van der Waals surface area contributed by atoms with Crippen LogP contribution in [0.5, 0.6) is 0 Å². The molecule has 7 nitrogen and oxygen atoms in total. The maximum absolute atomic E-state index is 13.3. The van der Waals surface area contributed by atoms with E-state index in [1.54, 1.807) is 18.5 Å². The molecule has 0 saturated carbocycles. The summed E-state index contributed by atoms with van der Waals surface area (Å²) in [4.78, 5) is 23.8. The fraction of sp³-hybridized carbons (Fsp3) is 0.333. The number of aryl methyl sites for hydroxylation is 1. The number of anilines is 1. The van der Waals surface area contributed by atoms with Gasteiger partial charge in [0.2, 0.25) is 0 Å². The largest absolute Gasteiger partial charge is 0.384 e. The van der Waals surface area contributed by atoms with Gasteiger partial charge in [0.25, 0.3) is 5.91 Å². The van der Waals surface area contributed by atoms with Crippen LogP contribution in [-0.2, 0) is 6.54 Å². The monoisotopic (exact) mass is 376 g/mol. The first-order valence-electron chi connectivity index (χ1n) is 9.68. The van der Waals surface area contributed by atoms with Gasteiger partial charge in [-0.15, -0.1) is 0 Å². The van der Waals surface area contributed by atoms with Crippen LogP contribution >= 0.6 is 0 Å². The third kappa shape index (κ3) is 4.03. The Balaban J connectivity index is 1.52. The van der Waals surface area contributed by atoms with Crippen molar-refractivity contribution in [1.82, 2.24) is 24.6 Å². The molecule has 3 aromatic rings. The molecule has 0 unspecified atom stereocenters. The van der Waals surface area contributed by atoms with E-state index in [1.807, 2.05) is 46.1 Å². The number of amides is 1. The predicted molar refractivity (Wildman–Crippen MR) is 107 cm³/mol. The number of aromatic nitrogens is 4. The minimum absolute atomic E-state index is 0.0657. The summed E-state index contributed by atoms with van der Waals surface area (Å²) in [5.74, 6) is 1.01. The van der Waals surface area contributed by atoms with Crippen LogP contribution in [0.4, 0.5) is 5.82 Å². The molecule has 0 spiro atoms. The van der Waals surface area contributed by atoms with Crippen molar-refractivity contribution in [2.75, 3.05) is 12.3 Å². The van der Waals surface area contributed by atoms with Crippen molar-refractivity contribution in [1.29, 1.82) is 0 Å². The third-order valence-electron chi connectivity index (χ3n) is 5.18. The molecule has 0 radical (unpaired) electrons. The molecule has 1 aliphatic rings. The van der Waals surface area contributed by atoms with Crippen molar-refractivity contribution >= 4 is 11.7 Å². The van der Waals surface area contributed by atoms with E-state index in [4.69, 9.17) is 5.73 Å². The van der Waals surface area contributed by atoms with E-state index in [0.717, 1.165) is 44.3 Å². The summed E-state index contributed by atoms with van der Waals surface area (Å²) in [6.07, 6.45) is 9.52. The van der Waals surface area contributed by atoms with Gasteiger partial charge in [-0.25, -0.2) is 9.97 Å². The lowest BCUT2D eigenvalue weighted by molar-refractivity contribution is 0.0594. The molecule has 1 saturated heterocycles. The number of carbonyl (C=O) groups is 1. The van der Waals surface area contributed by atoms with Crippen LogP contribution in [0, 0.1) is 0 Å². The molecule has 1 aliphatic heterocycles. The van der Waals surface area contributed by atoms with Crippen LogP contribution in [-0.4, -0.2) is 43.1 Å². The zero-order valence-electron chi connectivity index (χ0n) is 15.7. The molecule has 2 N–H and O–H groups in total. The number of rotatable bonds is 5. The van der Waals surface area contributed by atoms with Gasteiger partial charge in [0.1, 0.15) is 5.82 Å². The van der Waals surface area contributed by atoms with Gasteiger partial charge in [0, 0.05) is 48.8 Å². The first kappa shape index (κ1) is 18.2. The van der Waals surface area contributed by atoms with Gasteiger partial charge in [-0.2, -0.15) is 5.10 Å². The highest BCUT2D eigenvalue weighted by molar-refractivity contribution is 5.95. The van der Waals surface area contributed by atoms with Crippen molar-refractivity contribution in [3.05, 3.63) is 60.6 Å². The van der Waals surface area contributed by atoms with Crippen LogP contribution < -0.4 is 5.73 Å². The average Bonchev–Trinajstić information content (AvgIpc) is 3.26. The molecule has 1 amide bonds. The summed E-state index contributed by atoms with van der Waals surface area (Å²) in [5.41, 5.74) is 7.23. The van der Waals surface area contributed by atoms with E-state index < -0.39 is 0 Å². The van der Waals surface area contributed by atoms with Crippen molar-refractivity contribution in [2.24, 2.45) is 0 Å². The Morgan fingerprint density at radius 2 is 2.11 bits per heavy atom. The first-order valence-corrected chi connectivity index (χ1v) is 9.68. The van der Waals surface area contributed by atoms with E-state index in [2.05, 4.69) is 15.1 Å². The van der Waals surface area contributed by atoms with Crippen LogP contribution in [0.1, 0.15) is 36.0 Å². The third-order valence-corrected chi connectivity index (χ3v) is 5.18. The van der Waals surface area contributed by atoms with Crippen molar-refractivity contribution in [3.63, 3.8) is 0 Å². The highest BCUT2D eigenvalue weighted by Crippen LogP contribution is 2.24. The minimum atomic E-state index is 0.0657. The van der Waals surface area contributed by atoms with E-state index in [-0.39, 0.29) is 11.9 Å². The van der Waals surface area contributed by atoms with Crippen molar-refractivity contribution < 1.29 is 4.79 Å². The average molecular weight is 376 g/mol. The normalized spacial score (nSPS) is 16.9. The van der Waals surface area contributed by atoms with Gasteiger partial charge < -0.3 is 10.6 Å². The highest BCUT2D eigenvalue weighted by atomic mass is 16.2. The quantitative estimate of drug-likeness (QED) is 0.739. The maximum atomic E-state index is 13.3. The van der Waals surface area contributed by atoms with Crippen molar-refractivity contribution in [2.45, 2.75) is 38.3 Å². The molecule has 7 heteroatoms. The Morgan fingerprint density at radius 1 is 1.18 bits per heavy atom. The first-order chi connectivity index (χ1) is 13.7. The summed E-state index contributed by atoms with van der Waals surface area (Å²) in [7, 11) is 0. The number of hydrogen-bond donors (Lipinski definition) is 1. The molecule has 1 fully saturated rings. The van der Waals surface area contributed by atoms with E-state index in [1.165, 1.54) is 0 Å². The number of nitrogens with two attached hydrogens (primary N) is 1. The summed E-state index contributed by atoms with van der Waals surface area (Å²) in [6, 6.07) is 11.3. The summed E-state index contributed by atoms with van der Waals surface area (Å²) >= 11 is 0. The summed E-state index contributed by atoms with van der Waals surface area (Å²) in [6.45, 7) is 1.61. The van der Waals surface area contributed by atoms with Crippen molar-refractivity contribution in [3.8, 4) is 11.4 Å². The molecule has 1 aromatic carbocycles. The molecular weight excluding hydrogens is 352 g/mol. The number of carbonyl (C=O) groups excluding carboxylic acids is 1. The summed E-state index contributed by atoms with van der Waals surface area (Å²) < 4.78 is 1.93. The van der Waals surface area contributed by atoms with Gasteiger partial charge >= 0.3 is 0 Å². The van der Waals surface area contributed by atoms with E-state index in [9.17, 15) is 4.79 Å². The van der Waals surface area contributed by atoms with Gasteiger partial charge in [0.15, 0.2) is 5.82 Å². The molecule has 4 rings (SSSR count). The Kier molecular flexibility index (Phi) is 5.32. The Labute approximate surface area is 164 Å². The molecular formula is C21H24N6O. The standard InChI is InChI=1S/C21H24N6O/c22-19-8-11-23-20(25-19)16-5-3-6-17(15-16)21(28)27-13-2-1-7-18(27)9-14-26-12-4-10-24-26/h3-6,8,10-12,15,18H,1-2,7,9,13-14H2,(H2,22,23,25)/t18-/m0/s1. The lowest BCUT2D eigenvalue weighted by atomic mass is 9.97. The van der Waals surface area contributed by atoms with Gasteiger partial charge in [-0.3, -0.25) is 9.48 Å². The molecule has 0 bridgehead atoms. The second-order valence-electron chi connectivity index (χ2n) is 7.09. The maximum Gasteiger partial charge on any atom is 0.254 e. The van der Waals surface area contributed by atoms with E-state index >= 15 is 0 Å². The minimum Gasteiger partial charge on any atom is -0.384 e. The van der Waals surface area contributed by atoms with Crippen LogP contribution in [0.2, 0.25) is 0 Å². The summed E-state index contributed by atoms with van der Waals surface area (Å²) in [5, 5.41) is 4.27. The number of nitrogen functional groups attached to an aromatic ring is 1. The van der Waals surface area contributed by atoms with Crippen LogP contribution in [0.3, 0.4) is 0 Å². The number of benzene rings is 1. The Hall–Kier alpha value is -3.22. The van der Waals surface area contributed by atoms with Gasteiger partial charge in [0.05, 0.1) is 0 Å². The number of nitrogens with zero attached hydrogens (tertiary/aromatic N) is 5. The zero-order chi connectivity index (χ0) is 19.3. The molecule has 0 aliphatic carbocycles. The van der Waals surface area contributed by atoms with Gasteiger partial charge in [-0.1, -0.05) is 12.1 Å². The molecule has 144 valence electrons. The lowest BCUT2D eigenvalue weighted by Gasteiger charge is -2.36. The fourth-order valence-electron chi connectivity index (χ4n) is 3.75. The fourth-order valence-corrected chi connectivity index (χ4v) is 3.75. The zero-order valence-corrected chi connectivity index (χ0v) is 15.7. The topological polar surface area (TPSA) is 89.9 Å². The second-order valence-corrected chi connectivity index (χ2v) is 7.09. The highest BCUT2D eigenvalue weighted by Gasteiger charge is 2.27. The molecule has 28 heavy (non-hydrogen) atoms. The van der Waals surface area contributed by atoms with Crippen LogP contribution in [0.15, 0.2) is 55.0 Å². The number of piperidine rings is 1. The lowest BCUT2D eigenvalue weighted by Crippen LogP contribution is -2.44. The number of likely N-dealkylation sites (tertiary alicyclic amines) is 1. The Bertz CT molecular complexity index is 940. The van der Waals surface area contributed by atoms with Crippen LogP contribution in [0.25, 0.3) is 11.4 Å². The smallest absolute Gasteiger partial charge is 0.254 e. The SMILES string of the molecule is Nc1ccnc(-c2cccc(C(=O)N3CCCC[C@H]3CCn3cccn3)c2)n1. The molecule has 3 heterocycles. The molecule has 1 atom stereocenters. The van der Waals surface area contributed by atoms with Gasteiger partial charge in [-0.05, 0) is 49.9 Å². The molecule has 2 aromatic heterocycles. The van der Waals surface area contributed by atoms with E-state index in [0.29, 0.717) is 17.2 Å². The Morgan fingerprint density at radius 3 is 2.93 bits per heavy atom. The number of hydrogen-bond acceptors (Lipinski definition) is 5. The second kappa shape index (κ2) is 8.21.